The first-order valence-electron chi connectivity index (χ1n) is 10.6. The molecule has 2 aromatic rings. The number of hydrogen-bond acceptors (Lipinski definition) is 5. The van der Waals surface area contributed by atoms with Crippen molar-refractivity contribution >= 4 is 17.8 Å². The number of phenols is 2. The molecule has 0 unspecified atom stereocenters. The number of carbonyl (C=O) groups excluding carboxylic acids is 2. The minimum atomic E-state index is -5.03. The summed E-state index contributed by atoms with van der Waals surface area (Å²) in [4.78, 5) is 24.7. The van der Waals surface area contributed by atoms with Gasteiger partial charge >= 0.3 is 12.1 Å². The van der Waals surface area contributed by atoms with Crippen LogP contribution >= 0.6 is 0 Å². The third-order valence-electron chi connectivity index (χ3n) is 5.13. The highest BCUT2D eigenvalue weighted by Crippen LogP contribution is 2.33. The minimum absolute atomic E-state index is 0.0398. The number of ether oxygens (including phenoxy) is 1. The number of Topliss-reactive ketones (excluding diaryl/α,β-unsaturated/α-hetero) is 1. The molecule has 0 fully saturated rings. The summed E-state index contributed by atoms with van der Waals surface area (Å²) < 4.78 is 44.3. The van der Waals surface area contributed by atoms with Gasteiger partial charge in [0.15, 0.2) is 0 Å². The number of esters is 1. The lowest BCUT2D eigenvalue weighted by molar-refractivity contribution is -0.170. The molecular weight excluding hydrogens is 449 g/mol. The highest BCUT2D eigenvalue weighted by atomic mass is 19.4. The molecule has 1 aliphatic heterocycles. The molecule has 8 heteroatoms. The molecule has 0 radical (unpaired) electrons. The van der Waals surface area contributed by atoms with Gasteiger partial charge in [0.1, 0.15) is 23.2 Å². The van der Waals surface area contributed by atoms with Gasteiger partial charge in [-0.3, -0.25) is 4.79 Å². The number of rotatable bonds is 3. The molecule has 2 N–H and O–H groups in total. The molecule has 0 saturated carbocycles. The summed E-state index contributed by atoms with van der Waals surface area (Å²) in [6.07, 6.45) is 2.65. The van der Waals surface area contributed by atoms with E-state index in [0.29, 0.717) is 19.3 Å². The number of benzene rings is 2. The van der Waals surface area contributed by atoms with Crippen molar-refractivity contribution in [2.24, 2.45) is 0 Å². The van der Waals surface area contributed by atoms with Crippen molar-refractivity contribution in [3.63, 3.8) is 0 Å². The monoisotopic (exact) mass is 472 g/mol. The Kier molecular flexibility index (Phi) is 7.94. The number of aromatic hydroxyl groups is 2. The largest absolute Gasteiger partial charge is 0.508 e. The number of carbonyl (C=O) groups is 2. The number of hydrogen-bond donors (Lipinski definition) is 2. The molecule has 0 aromatic heterocycles. The molecule has 3 rings (SSSR count). The number of ketones is 1. The van der Waals surface area contributed by atoms with Gasteiger partial charge in [-0.2, -0.15) is 13.2 Å². The van der Waals surface area contributed by atoms with Crippen LogP contribution in [0.1, 0.15) is 53.3 Å². The first kappa shape index (κ1) is 24.8. The number of fused-ring (bicyclic) bond motifs is 1. The third-order valence-corrected chi connectivity index (χ3v) is 5.13. The predicted octanol–water partition coefficient (Wildman–Crippen LogP) is 6.20. The van der Waals surface area contributed by atoms with Gasteiger partial charge in [0.05, 0.1) is 0 Å². The summed E-state index contributed by atoms with van der Waals surface area (Å²) in [6, 6.07) is 11.0. The third kappa shape index (κ3) is 6.60. The lowest BCUT2D eigenvalue weighted by Gasteiger charge is -2.19. The van der Waals surface area contributed by atoms with Gasteiger partial charge in [-0.1, -0.05) is 60.7 Å². The van der Waals surface area contributed by atoms with E-state index in [2.05, 4.69) is 0 Å². The maximum absolute atomic E-state index is 13.1. The Bertz CT molecular complexity index is 1130. The maximum atomic E-state index is 13.1. The van der Waals surface area contributed by atoms with Gasteiger partial charge in [0.2, 0.25) is 5.78 Å². The van der Waals surface area contributed by atoms with E-state index in [1.165, 1.54) is 6.08 Å². The molecule has 34 heavy (non-hydrogen) atoms. The molecule has 0 saturated heterocycles. The van der Waals surface area contributed by atoms with Gasteiger partial charge in [-0.05, 0) is 35.6 Å². The highest BCUT2D eigenvalue weighted by molar-refractivity contribution is 5.98. The van der Waals surface area contributed by atoms with Gasteiger partial charge in [-0.25, -0.2) is 4.79 Å². The fourth-order valence-corrected chi connectivity index (χ4v) is 3.49. The van der Waals surface area contributed by atoms with Crippen molar-refractivity contribution in [3.8, 4) is 11.5 Å². The molecule has 5 nitrogen and oxygen atoms in total. The predicted molar refractivity (Wildman–Crippen MR) is 120 cm³/mol. The quantitative estimate of drug-likeness (QED) is 0.411. The van der Waals surface area contributed by atoms with Crippen LogP contribution in [-0.2, 0) is 9.53 Å². The molecule has 1 atom stereocenters. The standard InChI is InChI=1S/C26H23F3O5/c27-26(28,29)23(32)14-17-9-5-2-1-3-8-12-22(18-10-6-4-7-11-18)34-25(33)24-19(13-17)15-20(30)16-21(24)31/h3-11,13,15-16,22,30-31H,1-2,12,14H2/b8-3+,9-5+,17-13-/t22-/m0/s1. The summed E-state index contributed by atoms with van der Waals surface area (Å²) in [5.41, 5.74) is 0.281. The second-order valence-corrected chi connectivity index (χ2v) is 7.74. The van der Waals surface area contributed by atoms with E-state index in [9.17, 15) is 33.0 Å². The number of allylic oxidation sites excluding steroid dienone is 4. The van der Waals surface area contributed by atoms with Gasteiger partial charge in [0, 0.05) is 18.9 Å². The molecule has 0 aliphatic carbocycles. The van der Waals surface area contributed by atoms with Crippen LogP contribution in [-0.4, -0.2) is 28.1 Å². The first-order chi connectivity index (χ1) is 16.1. The van der Waals surface area contributed by atoms with Crippen LogP contribution < -0.4 is 0 Å². The van der Waals surface area contributed by atoms with E-state index in [1.807, 2.05) is 18.2 Å². The fourth-order valence-electron chi connectivity index (χ4n) is 3.49. The van der Waals surface area contributed by atoms with Crippen LogP contribution in [0.5, 0.6) is 11.5 Å². The van der Waals surface area contributed by atoms with E-state index in [-0.39, 0.29) is 16.7 Å². The Hall–Kier alpha value is -3.81. The molecule has 1 heterocycles. The summed E-state index contributed by atoms with van der Waals surface area (Å²) in [7, 11) is 0. The van der Waals surface area contributed by atoms with Crippen molar-refractivity contribution in [1.29, 1.82) is 0 Å². The van der Waals surface area contributed by atoms with Crippen LogP contribution in [0.4, 0.5) is 13.2 Å². The number of cyclic esters (lactones) is 1. The van der Waals surface area contributed by atoms with Crippen LogP contribution in [0, 0.1) is 0 Å². The van der Waals surface area contributed by atoms with E-state index in [0.717, 1.165) is 23.8 Å². The van der Waals surface area contributed by atoms with E-state index < -0.39 is 42.0 Å². The Balaban J connectivity index is 2.09. The summed E-state index contributed by atoms with van der Waals surface area (Å²) >= 11 is 0. The van der Waals surface area contributed by atoms with Crippen molar-refractivity contribution < 1.29 is 37.7 Å². The Labute approximate surface area is 194 Å². The maximum Gasteiger partial charge on any atom is 0.450 e. The van der Waals surface area contributed by atoms with Crippen LogP contribution in [0.25, 0.3) is 6.08 Å². The Morgan fingerprint density at radius 1 is 1.03 bits per heavy atom. The smallest absolute Gasteiger partial charge is 0.450 e. The molecule has 1 aliphatic rings. The number of phenolic OH excluding ortho intramolecular Hbond substituents is 2. The van der Waals surface area contributed by atoms with Crippen molar-refractivity contribution in [2.45, 2.75) is 38.0 Å². The van der Waals surface area contributed by atoms with E-state index in [1.54, 1.807) is 30.3 Å². The zero-order chi connectivity index (χ0) is 24.7. The minimum Gasteiger partial charge on any atom is -0.508 e. The number of alkyl halides is 3. The lowest BCUT2D eigenvalue weighted by atomic mass is 9.99. The second kappa shape index (κ2) is 10.9. The van der Waals surface area contributed by atoms with E-state index >= 15 is 0 Å². The van der Waals surface area contributed by atoms with Crippen molar-refractivity contribution in [1.82, 2.24) is 0 Å². The molecule has 0 amide bonds. The Morgan fingerprint density at radius 3 is 2.44 bits per heavy atom. The molecule has 2 aromatic carbocycles. The summed E-state index contributed by atoms with van der Waals surface area (Å²) in [5.74, 6) is -3.89. The zero-order valence-corrected chi connectivity index (χ0v) is 18.1. The average molecular weight is 472 g/mol. The second-order valence-electron chi connectivity index (χ2n) is 7.74. The van der Waals surface area contributed by atoms with Crippen molar-refractivity contribution in [2.75, 3.05) is 0 Å². The SMILES string of the molecule is O=C1O[C@H](c2ccccc2)C/C=C/CC/C=C/C(CC(=O)C(F)(F)F)=C/c2cc(O)cc(O)c21. The van der Waals surface area contributed by atoms with Gasteiger partial charge < -0.3 is 14.9 Å². The fraction of sp³-hybridized carbons (Fsp3) is 0.231. The number of halogens is 3. The summed E-state index contributed by atoms with van der Waals surface area (Å²) in [5, 5.41) is 20.3. The molecule has 178 valence electrons. The topological polar surface area (TPSA) is 83.8 Å². The zero-order valence-electron chi connectivity index (χ0n) is 18.1. The highest BCUT2D eigenvalue weighted by Gasteiger charge is 2.38. The van der Waals surface area contributed by atoms with Crippen LogP contribution in [0.15, 0.2) is 72.3 Å². The van der Waals surface area contributed by atoms with Gasteiger partial charge in [0.25, 0.3) is 0 Å². The Morgan fingerprint density at radius 2 is 1.74 bits per heavy atom. The molecular formula is C26H23F3O5. The first-order valence-corrected chi connectivity index (χ1v) is 10.6. The molecule has 0 bridgehead atoms. The van der Waals surface area contributed by atoms with E-state index in [4.69, 9.17) is 4.74 Å². The lowest BCUT2D eigenvalue weighted by Crippen LogP contribution is -2.22. The van der Waals surface area contributed by atoms with Crippen LogP contribution in [0.2, 0.25) is 0 Å². The summed E-state index contributed by atoms with van der Waals surface area (Å²) in [6.45, 7) is 0. The van der Waals surface area contributed by atoms with Crippen LogP contribution in [0.3, 0.4) is 0 Å². The van der Waals surface area contributed by atoms with Crippen molar-refractivity contribution in [3.05, 3.63) is 89.0 Å². The molecule has 0 spiro atoms. The van der Waals surface area contributed by atoms with Gasteiger partial charge in [-0.15, -0.1) is 0 Å². The average Bonchev–Trinajstić information content (AvgIpc) is 2.76. The normalized spacial score (nSPS) is 20.7.